The number of hydrogen-bond acceptors (Lipinski definition) is 6. The third kappa shape index (κ3) is 4.89. The van der Waals surface area contributed by atoms with E-state index < -0.39 is 66.1 Å². The molecule has 0 spiro atoms. The quantitative estimate of drug-likeness (QED) is 0.296. The molecule has 0 fully saturated rings. The maximum absolute atomic E-state index is 11.1. The predicted octanol–water partition coefficient (Wildman–Crippen LogP) is -0.694. The summed E-state index contributed by atoms with van der Waals surface area (Å²) in [5.74, 6) is -5.63. The van der Waals surface area contributed by atoms with E-state index in [1.807, 2.05) is 0 Å². The second-order valence-electron chi connectivity index (χ2n) is 6.22. The van der Waals surface area contributed by atoms with E-state index in [0.717, 1.165) is 0 Å². The van der Waals surface area contributed by atoms with Crippen molar-refractivity contribution in [3.8, 4) is 0 Å². The summed E-state index contributed by atoms with van der Waals surface area (Å²) < 4.78 is 0. The Bertz CT molecular complexity index is 438. The zero-order valence-corrected chi connectivity index (χ0v) is 12.9. The van der Waals surface area contributed by atoms with Gasteiger partial charge in [0.15, 0.2) is 0 Å². The highest BCUT2D eigenvalue weighted by Crippen LogP contribution is 2.45. The molecule has 0 radical (unpaired) electrons. The van der Waals surface area contributed by atoms with Crippen LogP contribution in [0.15, 0.2) is 0 Å². The van der Waals surface area contributed by atoms with E-state index in [-0.39, 0.29) is 0 Å². The number of nitrogens with two attached hydrogens (primary N) is 2. The first-order chi connectivity index (χ1) is 10.2. The van der Waals surface area contributed by atoms with Gasteiger partial charge in [0.1, 0.15) is 0 Å². The SMILES string of the molecule is CC(C)(C(N)(CC(=O)O)CC(=O)O)C(N)(CC(=O)O)CC(=O)O. The molecule has 0 atom stereocenters. The molecule has 0 aliphatic rings. The van der Waals surface area contributed by atoms with Crippen molar-refractivity contribution in [3.63, 3.8) is 0 Å². The number of rotatable bonds is 10. The van der Waals surface area contributed by atoms with Crippen molar-refractivity contribution in [2.75, 3.05) is 0 Å². The summed E-state index contributed by atoms with van der Waals surface area (Å²) >= 11 is 0. The summed E-state index contributed by atoms with van der Waals surface area (Å²) in [5.41, 5.74) is 6.44. The van der Waals surface area contributed by atoms with E-state index in [0.29, 0.717) is 0 Å². The topological polar surface area (TPSA) is 201 Å². The molecule has 0 saturated heterocycles. The van der Waals surface area contributed by atoms with E-state index in [1.165, 1.54) is 13.8 Å². The monoisotopic (exact) mass is 334 g/mol. The van der Waals surface area contributed by atoms with Crippen LogP contribution in [-0.4, -0.2) is 55.4 Å². The van der Waals surface area contributed by atoms with Gasteiger partial charge in [-0.15, -0.1) is 0 Å². The highest BCUT2D eigenvalue weighted by atomic mass is 16.4. The predicted molar refractivity (Wildman–Crippen MR) is 76.6 cm³/mol. The molecule has 0 aliphatic carbocycles. The third-order valence-corrected chi connectivity index (χ3v) is 4.36. The summed E-state index contributed by atoms with van der Waals surface area (Å²) in [6, 6.07) is 0. The Morgan fingerprint density at radius 2 is 0.826 bits per heavy atom. The maximum atomic E-state index is 11.1. The van der Waals surface area contributed by atoms with Gasteiger partial charge in [-0.1, -0.05) is 13.8 Å². The van der Waals surface area contributed by atoms with Gasteiger partial charge in [0.25, 0.3) is 0 Å². The number of carboxylic acids is 4. The van der Waals surface area contributed by atoms with Crippen LogP contribution in [0.25, 0.3) is 0 Å². The van der Waals surface area contributed by atoms with Crippen LogP contribution in [-0.2, 0) is 19.2 Å². The Kier molecular flexibility index (Phi) is 6.26. The molecule has 0 rings (SSSR count). The first kappa shape index (κ1) is 20.8. The van der Waals surface area contributed by atoms with Crippen LogP contribution in [0.3, 0.4) is 0 Å². The van der Waals surface area contributed by atoms with Gasteiger partial charge in [0.2, 0.25) is 0 Å². The highest BCUT2D eigenvalue weighted by Gasteiger charge is 2.57. The minimum Gasteiger partial charge on any atom is -0.481 e. The van der Waals surface area contributed by atoms with Crippen LogP contribution in [0.1, 0.15) is 39.5 Å². The second kappa shape index (κ2) is 6.92. The third-order valence-electron chi connectivity index (χ3n) is 4.36. The average molecular weight is 334 g/mol. The molecule has 10 heteroatoms. The maximum Gasteiger partial charge on any atom is 0.305 e. The van der Waals surface area contributed by atoms with Gasteiger partial charge in [0.05, 0.1) is 25.7 Å². The van der Waals surface area contributed by atoms with Gasteiger partial charge in [-0.3, -0.25) is 19.2 Å². The van der Waals surface area contributed by atoms with E-state index in [1.54, 1.807) is 0 Å². The molecule has 0 heterocycles. The summed E-state index contributed by atoms with van der Waals surface area (Å²) in [5, 5.41) is 36.0. The fraction of sp³-hybridized carbons (Fsp3) is 0.692. The fourth-order valence-corrected chi connectivity index (χ4v) is 2.58. The lowest BCUT2D eigenvalue weighted by Crippen LogP contribution is -2.69. The van der Waals surface area contributed by atoms with Crippen molar-refractivity contribution in [1.82, 2.24) is 0 Å². The molecule has 0 bridgehead atoms. The molecule has 0 aromatic carbocycles. The molecule has 0 aliphatic heterocycles. The van der Waals surface area contributed by atoms with Gasteiger partial charge >= 0.3 is 23.9 Å². The largest absolute Gasteiger partial charge is 0.481 e. The van der Waals surface area contributed by atoms with Crippen molar-refractivity contribution in [2.45, 2.75) is 50.6 Å². The van der Waals surface area contributed by atoms with Gasteiger partial charge in [0, 0.05) is 16.5 Å². The Labute approximate surface area is 132 Å². The molecule has 0 aromatic heterocycles. The van der Waals surface area contributed by atoms with Crippen LogP contribution >= 0.6 is 0 Å². The van der Waals surface area contributed by atoms with Crippen molar-refractivity contribution in [1.29, 1.82) is 0 Å². The Morgan fingerprint density at radius 3 is 0.957 bits per heavy atom. The molecule has 23 heavy (non-hydrogen) atoms. The number of aliphatic carboxylic acids is 4. The van der Waals surface area contributed by atoms with Crippen molar-refractivity contribution in [2.24, 2.45) is 16.9 Å². The van der Waals surface area contributed by atoms with Gasteiger partial charge in [-0.2, -0.15) is 0 Å². The first-order valence-corrected chi connectivity index (χ1v) is 6.62. The van der Waals surface area contributed by atoms with Crippen LogP contribution < -0.4 is 11.5 Å². The second-order valence-corrected chi connectivity index (χ2v) is 6.22. The zero-order valence-electron chi connectivity index (χ0n) is 12.9. The van der Waals surface area contributed by atoms with Crippen LogP contribution in [0.2, 0.25) is 0 Å². The van der Waals surface area contributed by atoms with Crippen molar-refractivity contribution >= 4 is 23.9 Å². The Morgan fingerprint density at radius 1 is 0.652 bits per heavy atom. The van der Waals surface area contributed by atoms with Gasteiger partial charge in [-0.25, -0.2) is 0 Å². The van der Waals surface area contributed by atoms with Crippen LogP contribution in [0.5, 0.6) is 0 Å². The lowest BCUT2D eigenvalue weighted by Gasteiger charge is -2.52. The van der Waals surface area contributed by atoms with E-state index in [4.69, 9.17) is 31.9 Å². The van der Waals surface area contributed by atoms with E-state index in [9.17, 15) is 19.2 Å². The highest BCUT2D eigenvalue weighted by molar-refractivity contribution is 5.76. The molecule has 0 aromatic rings. The standard InChI is InChI=1S/C13H22N2O8/c1-11(2,12(14,3-7(16)17)4-8(18)19)13(15,5-9(20)21)6-10(22)23/h3-6,14-15H2,1-2H3,(H,16,17)(H,18,19)(H,20,21)(H,22,23). The number of hydrogen-bond donors (Lipinski definition) is 6. The molecule has 0 saturated carbocycles. The smallest absolute Gasteiger partial charge is 0.305 e. The Balaban J connectivity index is 6.10. The minimum atomic E-state index is -1.95. The molecule has 132 valence electrons. The minimum absolute atomic E-state index is 0.815. The summed E-state index contributed by atoms with van der Waals surface area (Å²) in [4.78, 5) is 44.3. The van der Waals surface area contributed by atoms with E-state index >= 15 is 0 Å². The molecular formula is C13H22N2O8. The first-order valence-electron chi connectivity index (χ1n) is 6.62. The normalized spacial score (nSPS) is 12.7. The Hall–Kier alpha value is -2.20. The molecular weight excluding hydrogens is 312 g/mol. The van der Waals surface area contributed by atoms with Gasteiger partial charge in [-0.05, 0) is 0 Å². The molecule has 0 unspecified atom stereocenters. The molecule has 0 amide bonds. The molecule has 10 nitrogen and oxygen atoms in total. The average Bonchev–Trinajstić information content (AvgIpc) is 2.22. The summed E-state index contributed by atoms with van der Waals surface area (Å²) in [6.07, 6.45) is -3.26. The summed E-state index contributed by atoms with van der Waals surface area (Å²) in [6.45, 7) is 2.56. The molecule has 8 N–H and O–H groups in total. The lowest BCUT2D eigenvalue weighted by molar-refractivity contribution is -0.148. The van der Waals surface area contributed by atoms with Gasteiger partial charge < -0.3 is 31.9 Å². The number of carbonyl (C=O) groups is 4. The van der Waals surface area contributed by atoms with Crippen LogP contribution in [0.4, 0.5) is 0 Å². The van der Waals surface area contributed by atoms with Crippen molar-refractivity contribution < 1.29 is 39.6 Å². The zero-order chi connectivity index (χ0) is 18.6. The lowest BCUT2D eigenvalue weighted by atomic mass is 9.56. The number of carboxylic acid groups (broad SMARTS) is 4. The van der Waals surface area contributed by atoms with Crippen LogP contribution in [0, 0.1) is 5.41 Å². The fourth-order valence-electron chi connectivity index (χ4n) is 2.58. The summed E-state index contributed by atoms with van der Waals surface area (Å²) in [7, 11) is 0. The van der Waals surface area contributed by atoms with E-state index in [2.05, 4.69) is 0 Å². The van der Waals surface area contributed by atoms with Crippen molar-refractivity contribution in [3.05, 3.63) is 0 Å².